The first-order valence-electron chi connectivity index (χ1n) is 6.91. The lowest BCUT2D eigenvalue weighted by atomic mass is 10.0. The Bertz CT molecular complexity index is 451. The number of aromatic carboxylic acids is 1. The summed E-state index contributed by atoms with van der Waals surface area (Å²) in [7, 11) is 3.32. The molecule has 0 amide bonds. The lowest BCUT2D eigenvalue weighted by molar-refractivity contribution is 0.0694. The summed E-state index contributed by atoms with van der Waals surface area (Å²) in [4.78, 5) is 13.5. The summed E-state index contributed by atoms with van der Waals surface area (Å²) in [5.41, 5.74) is 6.98. The number of carboxylic acids is 1. The molecule has 0 fully saturated rings. The third kappa shape index (κ3) is 5.71. The van der Waals surface area contributed by atoms with Crippen molar-refractivity contribution in [3.63, 3.8) is 0 Å². The number of nitrogens with zero attached hydrogens (tertiary/aromatic N) is 1. The highest BCUT2D eigenvalue weighted by atomic mass is 16.5. The molecule has 3 N–H and O–H groups in total. The Morgan fingerprint density at radius 2 is 1.95 bits per heavy atom. The predicted octanol–water partition coefficient (Wildman–Crippen LogP) is 1.45. The quantitative estimate of drug-likeness (QED) is 0.502. The molecule has 0 radical (unpaired) electrons. The van der Waals surface area contributed by atoms with Crippen molar-refractivity contribution in [2.75, 3.05) is 46.3 Å². The van der Waals surface area contributed by atoms with Crippen LogP contribution < -0.4 is 5.73 Å². The summed E-state index contributed by atoms with van der Waals surface area (Å²) in [6.45, 7) is 3.34. The van der Waals surface area contributed by atoms with E-state index in [0.717, 1.165) is 25.1 Å². The van der Waals surface area contributed by atoms with E-state index < -0.39 is 5.97 Å². The fraction of sp³-hybridized carbons (Fsp3) is 0.533. The molecule has 0 bridgehead atoms. The predicted molar refractivity (Wildman–Crippen MR) is 81.5 cm³/mol. The molecule has 1 aromatic rings. The smallest absolute Gasteiger partial charge is 0.338 e. The number of ether oxygens (including phenoxy) is 2. The van der Waals surface area contributed by atoms with Crippen molar-refractivity contribution in [1.29, 1.82) is 0 Å². The van der Waals surface area contributed by atoms with E-state index in [-0.39, 0.29) is 5.56 Å². The van der Waals surface area contributed by atoms with Crippen molar-refractivity contribution < 1.29 is 19.4 Å². The monoisotopic (exact) mass is 296 g/mol. The van der Waals surface area contributed by atoms with Gasteiger partial charge in [0.25, 0.3) is 0 Å². The van der Waals surface area contributed by atoms with Crippen molar-refractivity contribution in [3.05, 3.63) is 29.3 Å². The molecule has 0 spiro atoms. The number of carboxylic acid groups (broad SMARTS) is 1. The van der Waals surface area contributed by atoms with E-state index in [4.69, 9.17) is 15.2 Å². The van der Waals surface area contributed by atoms with Gasteiger partial charge in [-0.25, -0.2) is 4.79 Å². The summed E-state index contributed by atoms with van der Waals surface area (Å²) in [6.07, 6.45) is 0.880. The van der Waals surface area contributed by atoms with E-state index in [1.165, 1.54) is 0 Å². The Hall–Kier alpha value is -1.63. The second kappa shape index (κ2) is 9.33. The number of anilines is 1. The number of hydrogen-bond acceptors (Lipinski definition) is 5. The maximum Gasteiger partial charge on any atom is 0.338 e. The highest BCUT2D eigenvalue weighted by Crippen LogP contribution is 2.19. The van der Waals surface area contributed by atoms with Gasteiger partial charge in [-0.05, 0) is 18.1 Å². The molecule has 1 aromatic carbocycles. The third-order valence-electron chi connectivity index (χ3n) is 3.23. The Balaban J connectivity index is 2.81. The van der Waals surface area contributed by atoms with Crippen LogP contribution in [0.25, 0.3) is 0 Å². The van der Waals surface area contributed by atoms with Gasteiger partial charge in [0.2, 0.25) is 0 Å². The molecular formula is C15H24N2O4. The molecule has 0 aliphatic carbocycles. The van der Waals surface area contributed by atoms with Crippen LogP contribution in [0.5, 0.6) is 0 Å². The van der Waals surface area contributed by atoms with Crippen LogP contribution in [0.1, 0.15) is 22.3 Å². The van der Waals surface area contributed by atoms with Crippen molar-refractivity contribution in [2.45, 2.75) is 13.0 Å². The van der Waals surface area contributed by atoms with Gasteiger partial charge in [-0.1, -0.05) is 12.1 Å². The zero-order chi connectivity index (χ0) is 15.7. The minimum absolute atomic E-state index is 0.187. The molecule has 0 atom stereocenters. The summed E-state index contributed by atoms with van der Waals surface area (Å²) in [6, 6.07) is 5.19. The lowest BCUT2D eigenvalue weighted by Gasteiger charge is -2.23. The first-order chi connectivity index (χ1) is 10.1. The highest BCUT2D eigenvalue weighted by Gasteiger charge is 2.16. The number of hydrogen-bond donors (Lipinski definition) is 2. The van der Waals surface area contributed by atoms with Crippen molar-refractivity contribution in [3.8, 4) is 0 Å². The van der Waals surface area contributed by atoms with Crippen molar-refractivity contribution in [1.82, 2.24) is 4.90 Å². The van der Waals surface area contributed by atoms with Gasteiger partial charge in [-0.2, -0.15) is 0 Å². The number of nitrogens with two attached hydrogens (primary N) is 1. The summed E-state index contributed by atoms with van der Waals surface area (Å²) < 4.78 is 10.2. The van der Waals surface area contributed by atoms with Gasteiger partial charge >= 0.3 is 5.97 Å². The first kappa shape index (κ1) is 17.4. The molecule has 118 valence electrons. The standard InChI is InChI=1S/C15H24N2O4/c1-20-9-4-7-17(8-10-21-2)11-12-5-3-6-13(16)14(12)15(18)19/h3,5-6H,4,7-11,16H2,1-2H3,(H,18,19). The molecule has 0 aliphatic heterocycles. The zero-order valence-electron chi connectivity index (χ0n) is 12.7. The molecule has 0 saturated carbocycles. The summed E-state index contributed by atoms with van der Waals surface area (Å²) >= 11 is 0. The third-order valence-corrected chi connectivity index (χ3v) is 3.23. The Morgan fingerprint density at radius 3 is 2.57 bits per heavy atom. The van der Waals surface area contributed by atoms with Crippen LogP contribution >= 0.6 is 0 Å². The number of rotatable bonds is 10. The van der Waals surface area contributed by atoms with Gasteiger partial charge in [0.1, 0.15) is 0 Å². The summed E-state index contributed by atoms with van der Waals surface area (Å²) in [5, 5.41) is 9.31. The van der Waals surface area contributed by atoms with Crippen LogP contribution in [0.2, 0.25) is 0 Å². The largest absolute Gasteiger partial charge is 0.478 e. The molecule has 0 aliphatic rings. The van der Waals surface area contributed by atoms with E-state index in [2.05, 4.69) is 4.90 Å². The topological polar surface area (TPSA) is 85.0 Å². The van der Waals surface area contributed by atoms with Crippen LogP contribution in [0.3, 0.4) is 0 Å². The molecule has 6 nitrogen and oxygen atoms in total. The average molecular weight is 296 g/mol. The van der Waals surface area contributed by atoms with E-state index >= 15 is 0 Å². The van der Waals surface area contributed by atoms with Crippen LogP contribution in [-0.2, 0) is 16.0 Å². The van der Waals surface area contributed by atoms with E-state index in [0.29, 0.717) is 25.4 Å². The highest BCUT2D eigenvalue weighted by molar-refractivity contribution is 5.95. The van der Waals surface area contributed by atoms with Gasteiger partial charge < -0.3 is 20.3 Å². The second-order valence-electron chi connectivity index (χ2n) is 4.80. The molecule has 0 heterocycles. The van der Waals surface area contributed by atoms with E-state index in [1.807, 2.05) is 0 Å². The van der Waals surface area contributed by atoms with Crippen molar-refractivity contribution in [2.24, 2.45) is 0 Å². The van der Waals surface area contributed by atoms with Crippen LogP contribution in [-0.4, -0.2) is 56.5 Å². The minimum Gasteiger partial charge on any atom is -0.478 e. The molecule has 1 rings (SSSR count). The molecular weight excluding hydrogens is 272 g/mol. The molecule has 0 aromatic heterocycles. The van der Waals surface area contributed by atoms with E-state index in [1.54, 1.807) is 32.4 Å². The molecule has 0 saturated heterocycles. The average Bonchev–Trinajstić information content (AvgIpc) is 2.44. The normalized spacial score (nSPS) is 11.0. The summed E-state index contributed by atoms with van der Waals surface area (Å²) in [5.74, 6) is -0.994. The number of nitrogen functional groups attached to an aromatic ring is 1. The van der Waals surface area contributed by atoms with Crippen LogP contribution in [0, 0.1) is 0 Å². The molecule has 21 heavy (non-hydrogen) atoms. The fourth-order valence-electron chi connectivity index (χ4n) is 2.18. The van der Waals surface area contributed by atoms with Gasteiger partial charge in [0.15, 0.2) is 0 Å². The Morgan fingerprint density at radius 1 is 1.24 bits per heavy atom. The van der Waals surface area contributed by atoms with Gasteiger partial charge in [0.05, 0.1) is 12.2 Å². The Kier molecular flexibility index (Phi) is 7.74. The SMILES string of the molecule is COCCCN(CCOC)Cc1cccc(N)c1C(=O)O. The van der Waals surface area contributed by atoms with Crippen LogP contribution in [0.4, 0.5) is 5.69 Å². The van der Waals surface area contributed by atoms with Gasteiger partial charge in [-0.15, -0.1) is 0 Å². The maximum atomic E-state index is 11.4. The first-order valence-corrected chi connectivity index (χ1v) is 6.91. The fourth-order valence-corrected chi connectivity index (χ4v) is 2.18. The number of benzene rings is 1. The Labute approximate surface area is 125 Å². The van der Waals surface area contributed by atoms with Gasteiger partial charge in [-0.3, -0.25) is 4.90 Å². The molecule has 6 heteroatoms. The lowest BCUT2D eigenvalue weighted by Crippen LogP contribution is -2.29. The minimum atomic E-state index is -0.994. The second-order valence-corrected chi connectivity index (χ2v) is 4.80. The zero-order valence-corrected chi connectivity index (χ0v) is 12.7. The molecule has 0 unspecified atom stereocenters. The number of methoxy groups -OCH3 is 2. The van der Waals surface area contributed by atoms with E-state index in [9.17, 15) is 9.90 Å². The maximum absolute atomic E-state index is 11.4. The number of carbonyl (C=O) groups is 1. The van der Waals surface area contributed by atoms with Gasteiger partial charge in [0, 0.05) is 46.1 Å². The van der Waals surface area contributed by atoms with Crippen molar-refractivity contribution >= 4 is 11.7 Å². The van der Waals surface area contributed by atoms with Crippen LogP contribution in [0.15, 0.2) is 18.2 Å².